The van der Waals surface area contributed by atoms with Gasteiger partial charge in [0, 0.05) is 31.9 Å². The zero-order chi connectivity index (χ0) is 13.5. The van der Waals surface area contributed by atoms with Crippen molar-refractivity contribution in [1.29, 1.82) is 0 Å². The van der Waals surface area contributed by atoms with Crippen LogP contribution in [0.25, 0.3) is 0 Å². The van der Waals surface area contributed by atoms with E-state index in [1.54, 1.807) is 17.8 Å². The van der Waals surface area contributed by atoms with Crippen LogP contribution in [0.2, 0.25) is 0 Å². The van der Waals surface area contributed by atoms with Gasteiger partial charge in [0.25, 0.3) is 0 Å². The van der Waals surface area contributed by atoms with Crippen LogP contribution in [0.15, 0.2) is 12.4 Å². The van der Waals surface area contributed by atoms with Crippen molar-refractivity contribution in [1.82, 2.24) is 20.0 Å². The Kier molecular flexibility index (Phi) is 5.80. The number of aromatic nitrogens is 2. The first-order valence-electron chi connectivity index (χ1n) is 6.08. The van der Waals surface area contributed by atoms with Gasteiger partial charge in [0.2, 0.25) is 0 Å². The zero-order valence-corrected chi connectivity index (χ0v) is 11.5. The second-order valence-corrected chi connectivity index (χ2v) is 4.39. The summed E-state index contributed by atoms with van der Waals surface area (Å²) in [4.78, 5) is 13.9. The molecule has 1 aromatic rings. The Morgan fingerprint density at radius 2 is 2.33 bits per heavy atom. The average Bonchev–Trinajstić information content (AvgIpc) is 2.71. The van der Waals surface area contributed by atoms with Gasteiger partial charge in [-0.05, 0) is 21.0 Å². The highest BCUT2D eigenvalue weighted by molar-refractivity contribution is 5.77. The molecule has 0 amide bonds. The summed E-state index contributed by atoms with van der Waals surface area (Å²) in [6.45, 7) is 3.75. The minimum absolute atomic E-state index is 0.260. The molecule has 0 saturated carbocycles. The van der Waals surface area contributed by atoms with Crippen LogP contribution >= 0.6 is 0 Å². The Morgan fingerprint density at radius 1 is 1.61 bits per heavy atom. The van der Waals surface area contributed by atoms with E-state index in [-0.39, 0.29) is 5.97 Å². The van der Waals surface area contributed by atoms with Crippen LogP contribution in [-0.4, -0.2) is 54.4 Å². The summed E-state index contributed by atoms with van der Waals surface area (Å²) in [5, 5.41) is 7.28. The molecule has 1 atom stereocenters. The van der Waals surface area contributed by atoms with Gasteiger partial charge < -0.3 is 9.64 Å². The van der Waals surface area contributed by atoms with Crippen LogP contribution in [0.4, 0.5) is 0 Å². The third-order valence-corrected chi connectivity index (χ3v) is 2.49. The summed E-state index contributed by atoms with van der Waals surface area (Å²) in [6.07, 6.45) is 3.51. The number of aryl methyl sites for hydroxylation is 1. The smallest absolute Gasteiger partial charge is 0.327 e. The summed E-state index contributed by atoms with van der Waals surface area (Å²) in [5.41, 5.74) is 0.828. The summed E-state index contributed by atoms with van der Waals surface area (Å²) < 4.78 is 6.75. The third-order valence-electron chi connectivity index (χ3n) is 2.49. The van der Waals surface area contributed by atoms with E-state index >= 15 is 0 Å². The second-order valence-electron chi connectivity index (χ2n) is 4.39. The summed E-state index contributed by atoms with van der Waals surface area (Å²) in [6, 6.07) is -0.446. The quantitative estimate of drug-likeness (QED) is 0.703. The monoisotopic (exact) mass is 254 g/mol. The van der Waals surface area contributed by atoms with Gasteiger partial charge in [0.1, 0.15) is 6.04 Å². The maximum Gasteiger partial charge on any atom is 0.327 e. The molecule has 1 heterocycles. The first-order chi connectivity index (χ1) is 8.54. The van der Waals surface area contributed by atoms with E-state index in [2.05, 4.69) is 15.3 Å². The highest BCUT2D eigenvalue weighted by Gasteiger charge is 2.22. The Labute approximate surface area is 108 Å². The van der Waals surface area contributed by atoms with Gasteiger partial charge in [-0.1, -0.05) is 0 Å². The van der Waals surface area contributed by atoms with Crippen molar-refractivity contribution < 1.29 is 9.53 Å². The molecule has 1 aromatic heterocycles. The van der Waals surface area contributed by atoms with Crippen molar-refractivity contribution in [3.05, 3.63) is 18.0 Å². The summed E-state index contributed by atoms with van der Waals surface area (Å²) in [5.74, 6) is -0.260. The number of nitrogens with zero attached hydrogens (tertiary/aromatic N) is 3. The van der Waals surface area contributed by atoms with E-state index in [1.165, 1.54) is 0 Å². The van der Waals surface area contributed by atoms with Gasteiger partial charge >= 0.3 is 5.97 Å². The van der Waals surface area contributed by atoms with Gasteiger partial charge in [-0.15, -0.1) is 0 Å². The van der Waals surface area contributed by atoms with Crippen molar-refractivity contribution >= 4 is 5.97 Å². The molecule has 0 saturated heterocycles. The highest BCUT2D eigenvalue weighted by atomic mass is 16.5. The van der Waals surface area contributed by atoms with Gasteiger partial charge in [-0.3, -0.25) is 10.00 Å². The fraction of sp³-hybridized carbons (Fsp3) is 0.667. The van der Waals surface area contributed by atoms with Gasteiger partial charge in [0.05, 0.1) is 12.8 Å². The third kappa shape index (κ3) is 4.46. The van der Waals surface area contributed by atoms with E-state index in [0.29, 0.717) is 13.2 Å². The zero-order valence-electron chi connectivity index (χ0n) is 11.5. The standard InChI is InChI=1S/C12H22N4O2/c1-5-18-12(17)11(13-6-7-15(2)3)10-8-14-16(4)9-10/h8-9,11,13H,5-7H2,1-4H3. The molecule has 0 aliphatic rings. The van der Waals surface area contributed by atoms with Crippen molar-refractivity contribution in [2.45, 2.75) is 13.0 Å². The Hall–Kier alpha value is -1.40. The molecule has 6 nitrogen and oxygen atoms in total. The largest absolute Gasteiger partial charge is 0.465 e. The van der Waals surface area contributed by atoms with Gasteiger partial charge in [-0.25, -0.2) is 4.79 Å². The SMILES string of the molecule is CCOC(=O)C(NCCN(C)C)c1cnn(C)c1. The Morgan fingerprint density at radius 3 is 2.83 bits per heavy atom. The number of carbonyl (C=O) groups is 1. The first kappa shape index (κ1) is 14.7. The lowest BCUT2D eigenvalue weighted by Crippen LogP contribution is -2.34. The predicted octanol–water partition coefficient (Wildman–Crippen LogP) is 0.176. The van der Waals surface area contributed by atoms with Crippen LogP contribution in [0.5, 0.6) is 0 Å². The number of hydrogen-bond acceptors (Lipinski definition) is 5. The van der Waals surface area contributed by atoms with E-state index in [1.807, 2.05) is 27.3 Å². The van der Waals surface area contributed by atoms with Crippen molar-refractivity contribution in [2.24, 2.45) is 7.05 Å². The minimum atomic E-state index is -0.446. The topological polar surface area (TPSA) is 59.4 Å². The summed E-state index contributed by atoms with van der Waals surface area (Å²) >= 11 is 0. The minimum Gasteiger partial charge on any atom is -0.465 e. The molecule has 0 aliphatic heterocycles. The number of esters is 1. The molecule has 0 aromatic carbocycles. The lowest BCUT2D eigenvalue weighted by molar-refractivity contribution is -0.145. The number of ether oxygens (including phenoxy) is 1. The highest BCUT2D eigenvalue weighted by Crippen LogP contribution is 2.13. The van der Waals surface area contributed by atoms with Crippen LogP contribution in [0.1, 0.15) is 18.5 Å². The molecular formula is C12H22N4O2. The Balaban J connectivity index is 2.66. The molecule has 1 N–H and O–H groups in total. The van der Waals surface area contributed by atoms with Crippen LogP contribution < -0.4 is 5.32 Å². The molecule has 0 radical (unpaired) electrons. The molecular weight excluding hydrogens is 232 g/mol. The maximum atomic E-state index is 11.9. The Bertz CT molecular complexity index is 376. The number of nitrogens with one attached hydrogen (secondary N) is 1. The van der Waals surface area contributed by atoms with Crippen LogP contribution in [0, 0.1) is 0 Å². The second kappa shape index (κ2) is 7.13. The average molecular weight is 254 g/mol. The molecule has 1 rings (SSSR count). The van der Waals surface area contributed by atoms with E-state index in [9.17, 15) is 4.79 Å². The fourth-order valence-electron chi connectivity index (χ4n) is 1.58. The summed E-state index contributed by atoms with van der Waals surface area (Å²) in [7, 11) is 5.81. The molecule has 1 unspecified atom stereocenters. The molecule has 0 aliphatic carbocycles. The van der Waals surface area contributed by atoms with Crippen LogP contribution in [-0.2, 0) is 16.6 Å². The van der Waals surface area contributed by atoms with Crippen molar-refractivity contribution in [3.63, 3.8) is 0 Å². The molecule has 0 spiro atoms. The first-order valence-corrected chi connectivity index (χ1v) is 6.08. The number of carbonyl (C=O) groups excluding carboxylic acids is 1. The normalized spacial score (nSPS) is 12.7. The van der Waals surface area contributed by atoms with E-state index in [4.69, 9.17) is 4.74 Å². The van der Waals surface area contributed by atoms with Crippen LogP contribution in [0.3, 0.4) is 0 Å². The van der Waals surface area contributed by atoms with Crippen molar-refractivity contribution in [3.8, 4) is 0 Å². The van der Waals surface area contributed by atoms with Gasteiger partial charge in [-0.2, -0.15) is 5.10 Å². The maximum absolute atomic E-state index is 11.9. The van der Waals surface area contributed by atoms with E-state index in [0.717, 1.165) is 12.1 Å². The lowest BCUT2D eigenvalue weighted by Gasteiger charge is -2.17. The molecule has 18 heavy (non-hydrogen) atoms. The lowest BCUT2D eigenvalue weighted by atomic mass is 10.1. The molecule has 6 heteroatoms. The number of rotatable bonds is 7. The molecule has 0 bridgehead atoms. The van der Waals surface area contributed by atoms with Gasteiger partial charge in [0.15, 0.2) is 0 Å². The number of hydrogen-bond donors (Lipinski definition) is 1. The number of likely N-dealkylation sites (N-methyl/N-ethyl adjacent to an activating group) is 1. The molecule has 102 valence electrons. The van der Waals surface area contributed by atoms with Crippen molar-refractivity contribution in [2.75, 3.05) is 33.8 Å². The molecule has 0 fully saturated rings. The van der Waals surface area contributed by atoms with E-state index < -0.39 is 6.04 Å². The fourth-order valence-corrected chi connectivity index (χ4v) is 1.58. The predicted molar refractivity (Wildman–Crippen MR) is 69.1 cm³/mol.